The molecular weight excluding hydrogens is 372 g/mol. The first-order valence-electron chi connectivity index (χ1n) is 5.60. The van der Waals surface area contributed by atoms with Crippen molar-refractivity contribution in [2.24, 2.45) is 0 Å². The monoisotopic (exact) mass is 382 g/mol. The number of nitrogens with one attached hydrogen (secondary N) is 1. The van der Waals surface area contributed by atoms with E-state index < -0.39 is 0 Å². The van der Waals surface area contributed by atoms with Crippen LogP contribution in [-0.2, 0) is 0 Å². The van der Waals surface area contributed by atoms with Crippen LogP contribution < -0.4 is 11.1 Å². The first kappa shape index (κ1) is 14.1. The van der Waals surface area contributed by atoms with E-state index >= 15 is 0 Å². The third-order valence-corrected chi connectivity index (χ3v) is 3.88. The van der Waals surface area contributed by atoms with Gasteiger partial charge in [0.1, 0.15) is 0 Å². The molecule has 1 amide bonds. The van der Waals surface area contributed by atoms with Crippen molar-refractivity contribution in [3.8, 4) is 0 Å². The number of benzene rings is 2. The van der Waals surface area contributed by atoms with E-state index in [2.05, 4.69) is 37.2 Å². The molecule has 0 saturated heterocycles. The number of hydrogen-bond acceptors (Lipinski definition) is 2. The van der Waals surface area contributed by atoms with Crippen LogP contribution in [-0.4, -0.2) is 5.91 Å². The van der Waals surface area contributed by atoms with Crippen molar-refractivity contribution in [2.75, 3.05) is 11.1 Å². The van der Waals surface area contributed by atoms with Crippen molar-refractivity contribution in [3.63, 3.8) is 0 Å². The number of carbonyl (C=O) groups is 1. The Labute approximate surface area is 128 Å². The summed E-state index contributed by atoms with van der Waals surface area (Å²) in [5.74, 6) is -0.161. The van der Waals surface area contributed by atoms with Crippen LogP contribution >= 0.6 is 31.9 Å². The standard InChI is InChI=1S/C14H12Br2N2O/c1-8-6-10(15)3-5-13(8)18-14(19)9-2-4-12(17)11(16)7-9/h2-7H,17H2,1H3,(H,18,19). The fraction of sp³-hybridized carbons (Fsp3) is 0.0714. The Balaban J connectivity index is 2.23. The van der Waals surface area contributed by atoms with Gasteiger partial charge >= 0.3 is 0 Å². The zero-order valence-corrected chi connectivity index (χ0v) is 13.4. The molecule has 2 aromatic carbocycles. The highest BCUT2D eigenvalue weighted by Crippen LogP contribution is 2.23. The minimum absolute atomic E-state index is 0.161. The molecule has 0 aliphatic heterocycles. The number of rotatable bonds is 2. The van der Waals surface area contributed by atoms with Crippen molar-refractivity contribution in [2.45, 2.75) is 6.92 Å². The molecule has 0 bridgehead atoms. The van der Waals surface area contributed by atoms with Crippen LogP contribution in [0.3, 0.4) is 0 Å². The van der Waals surface area contributed by atoms with Crippen molar-refractivity contribution in [1.82, 2.24) is 0 Å². The number of hydrogen-bond donors (Lipinski definition) is 2. The van der Waals surface area contributed by atoms with Crippen LogP contribution in [0.25, 0.3) is 0 Å². The topological polar surface area (TPSA) is 55.1 Å². The Morgan fingerprint density at radius 3 is 2.53 bits per heavy atom. The Morgan fingerprint density at radius 2 is 1.89 bits per heavy atom. The summed E-state index contributed by atoms with van der Waals surface area (Å²) in [6.45, 7) is 1.94. The SMILES string of the molecule is Cc1cc(Br)ccc1NC(=O)c1ccc(N)c(Br)c1. The molecule has 0 heterocycles. The van der Waals surface area contributed by atoms with Crippen LogP contribution in [0.4, 0.5) is 11.4 Å². The van der Waals surface area contributed by atoms with E-state index in [9.17, 15) is 4.79 Å². The largest absolute Gasteiger partial charge is 0.398 e. The zero-order chi connectivity index (χ0) is 14.0. The van der Waals surface area contributed by atoms with E-state index in [0.29, 0.717) is 15.7 Å². The van der Waals surface area contributed by atoms with Gasteiger partial charge in [0.2, 0.25) is 0 Å². The van der Waals surface area contributed by atoms with Gasteiger partial charge in [-0.25, -0.2) is 0 Å². The lowest BCUT2D eigenvalue weighted by molar-refractivity contribution is 0.102. The van der Waals surface area contributed by atoms with Gasteiger partial charge in [0.05, 0.1) is 0 Å². The third kappa shape index (κ3) is 3.36. The molecule has 3 N–H and O–H groups in total. The molecule has 5 heteroatoms. The first-order valence-corrected chi connectivity index (χ1v) is 7.18. The van der Waals surface area contributed by atoms with Gasteiger partial charge in [-0.05, 0) is 64.8 Å². The van der Waals surface area contributed by atoms with Crippen molar-refractivity contribution in [1.29, 1.82) is 0 Å². The molecule has 2 rings (SSSR count). The first-order chi connectivity index (χ1) is 8.97. The molecule has 3 nitrogen and oxygen atoms in total. The van der Waals surface area contributed by atoms with Gasteiger partial charge in [0.15, 0.2) is 0 Å². The molecule has 0 aliphatic carbocycles. The second-order valence-electron chi connectivity index (χ2n) is 4.15. The van der Waals surface area contributed by atoms with E-state index in [0.717, 1.165) is 15.7 Å². The minimum atomic E-state index is -0.161. The number of carbonyl (C=O) groups excluding carboxylic acids is 1. The maximum absolute atomic E-state index is 12.1. The summed E-state index contributed by atoms with van der Waals surface area (Å²) in [5, 5.41) is 2.88. The Hall–Kier alpha value is -1.33. The summed E-state index contributed by atoms with van der Waals surface area (Å²) in [4.78, 5) is 12.1. The summed E-state index contributed by atoms with van der Waals surface area (Å²) in [7, 11) is 0. The summed E-state index contributed by atoms with van der Waals surface area (Å²) in [5.41, 5.74) is 8.66. The van der Waals surface area contributed by atoms with Gasteiger partial charge < -0.3 is 11.1 Å². The highest BCUT2D eigenvalue weighted by Gasteiger charge is 2.09. The molecule has 0 aliphatic rings. The number of nitrogen functional groups attached to an aromatic ring is 1. The Morgan fingerprint density at radius 1 is 1.16 bits per heavy atom. The summed E-state index contributed by atoms with van der Waals surface area (Å²) < 4.78 is 1.70. The Kier molecular flexibility index (Phi) is 4.27. The normalized spacial score (nSPS) is 10.3. The van der Waals surface area contributed by atoms with Crippen molar-refractivity contribution < 1.29 is 4.79 Å². The molecule has 19 heavy (non-hydrogen) atoms. The van der Waals surface area contributed by atoms with Gasteiger partial charge in [0, 0.05) is 25.9 Å². The maximum atomic E-state index is 12.1. The van der Waals surface area contributed by atoms with Gasteiger partial charge in [-0.1, -0.05) is 15.9 Å². The van der Waals surface area contributed by atoms with Crippen molar-refractivity contribution >= 4 is 49.1 Å². The average Bonchev–Trinajstić information content (AvgIpc) is 2.36. The Bertz CT molecular complexity index is 641. The van der Waals surface area contributed by atoms with Gasteiger partial charge in [-0.2, -0.15) is 0 Å². The van der Waals surface area contributed by atoms with E-state index in [1.165, 1.54) is 0 Å². The van der Waals surface area contributed by atoms with Crippen molar-refractivity contribution in [3.05, 3.63) is 56.5 Å². The fourth-order valence-corrected chi connectivity index (χ4v) is 2.48. The lowest BCUT2D eigenvalue weighted by Crippen LogP contribution is -2.12. The van der Waals surface area contributed by atoms with Crippen LogP contribution in [0.2, 0.25) is 0 Å². The molecule has 0 saturated carbocycles. The smallest absolute Gasteiger partial charge is 0.255 e. The summed E-state index contributed by atoms with van der Waals surface area (Å²) >= 11 is 6.70. The van der Waals surface area contributed by atoms with Gasteiger partial charge in [-0.15, -0.1) is 0 Å². The molecule has 0 aromatic heterocycles. The quantitative estimate of drug-likeness (QED) is 0.757. The molecule has 0 fully saturated rings. The van der Waals surface area contributed by atoms with E-state index in [4.69, 9.17) is 5.73 Å². The average molecular weight is 384 g/mol. The molecule has 0 spiro atoms. The second-order valence-corrected chi connectivity index (χ2v) is 5.92. The highest BCUT2D eigenvalue weighted by molar-refractivity contribution is 9.10. The van der Waals surface area contributed by atoms with E-state index in [-0.39, 0.29) is 5.91 Å². The lowest BCUT2D eigenvalue weighted by Gasteiger charge is -2.09. The minimum Gasteiger partial charge on any atom is -0.398 e. The van der Waals surface area contributed by atoms with Crippen LogP contribution in [0.1, 0.15) is 15.9 Å². The fourth-order valence-electron chi connectivity index (χ4n) is 1.63. The predicted molar refractivity (Wildman–Crippen MR) is 85.4 cm³/mol. The number of aryl methyl sites for hydroxylation is 1. The third-order valence-electron chi connectivity index (χ3n) is 2.70. The predicted octanol–water partition coefficient (Wildman–Crippen LogP) is 4.35. The van der Waals surface area contributed by atoms with Crippen LogP contribution in [0.15, 0.2) is 45.3 Å². The van der Waals surface area contributed by atoms with E-state index in [1.54, 1.807) is 18.2 Å². The molecular formula is C14H12Br2N2O. The number of amides is 1. The highest BCUT2D eigenvalue weighted by atomic mass is 79.9. The zero-order valence-electron chi connectivity index (χ0n) is 10.2. The van der Waals surface area contributed by atoms with Crippen LogP contribution in [0, 0.1) is 6.92 Å². The van der Waals surface area contributed by atoms with E-state index in [1.807, 2.05) is 25.1 Å². The maximum Gasteiger partial charge on any atom is 0.255 e. The van der Waals surface area contributed by atoms with Gasteiger partial charge in [-0.3, -0.25) is 4.79 Å². The molecule has 0 unspecified atom stereocenters. The number of anilines is 2. The molecule has 0 atom stereocenters. The second kappa shape index (κ2) is 5.75. The number of nitrogens with two attached hydrogens (primary N) is 1. The molecule has 98 valence electrons. The summed E-state index contributed by atoms with van der Waals surface area (Å²) in [6, 6.07) is 10.8. The van der Waals surface area contributed by atoms with Gasteiger partial charge in [0.25, 0.3) is 5.91 Å². The summed E-state index contributed by atoms with van der Waals surface area (Å²) in [6.07, 6.45) is 0. The number of halogens is 2. The van der Waals surface area contributed by atoms with Crippen LogP contribution in [0.5, 0.6) is 0 Å². The molecule has 0 radical (unpaired) electrons. The lowest BCUT2D eigenvalue weighted by atomic mass is 10.1. The molecule has 2 aromatic rings.